The maximum atomic E-state index is 11.0. The summed E-state index contributed by atoms with van der Waals surface area (Å²) in [6.07, 6.45) is 0. The molecule has 0 fully saturated rings. The predicted octanol–water partition coefficient (Wildman–Crippen LogP) is 1.33. The van der Waals surface area contributed by atoms with Crippen LogP contribution in [0, 0.1) is 0 Å². The third-order valence-corrected chi connectivity index (χ3v) is 3.17. The maximum absolute atomic E-state index is 11.0. The van der Waals surface area contributed by atoms with E-state index in [1.54, 1.807) is 18.2 Å². The lowest BCUT2D eigenvalue weighted by molar-refractivity contribution is 0.487. The van der Waals surface area contributed by atoms with Gasteiger partial charge in [0.25, 0.3) is 0 Å². The molecule has 0 saturated heterocycles. The minimum absolute atomic E-state index is 0.00773. The van der Waals surface area contributed by atoms with Gasteiger partial charge in [-0.05, 0) is 20.7 Å². The van der Waals surface area contributed by atoms with Crippen molar-refractivity contribution in [3.05, 3.63) is 30.3 Å². The van der Waals surface area contributed by atoms with Crippen LogP contribution in [0.3, 0.4) is 0 Å². The second-order valence-corrected chi connectivity index (χ2v) is 4.15. The Morgan fingerprint density at radius 2 is 1.75 bits per heavy atom. The summed E-state index contributed by atoms with van der Waals surface area (Å²) in [6.45, 7) is 0. The minimum Gasteiger partial charge on any atom is -0.190 e. The van der Waals surface area contributed by atoms with Gasteiger partial charge in [-0.2, -0.15) is 8.42 Å². The molecular weight excluding hydrogens is 199 g/mol. The highest BCUT2D eigenvalue weighted by Gasteiger charge is 2.18. The summed E-state index contributed by atoms with van der Waals surface area (Å²) < 4.78 is 36.0. The Morgan fingerprint density at radius 3 is 2.25 bits per heavy atom. The monoisotopic (exact) mass is 205 g/mol. The largest absolute Gasteiger partial charge is 0.511 e. The summed E-state index contributed by atoms with van der Waals surface area (Å²) in [5.74, 6) is 0. The Bertz CT molecular complexity index is 358. The fraction of sp³-hybridized carbons (Fsp3) is 0. The van der Waals surface area contributed by atoms with Crippen LogP contribution in [0.25, 0.3) is 0 Å². The van der Waals surface area contributed by atoms with Gasteiger partial charge in [-0.1, -0.05) is 18.2 Å². The Kier molecular flexibility index (Phi) is 2.92. The maximum Gasteiger partial charge on any atom is 0.511 e. The van der Waals surface area contributed by atoms with Crippen molar-refractivity contribution in [2.75, 3.05) is 0 Å². The van der Waals surface area contributed by atoms with Gasteiger partial charge >= 0.3 is 18.8 Å². The summed E-state index contributed by atoms with van der Waals surface area (Å²) >= 11 is 0. The van der Waals surface area contributed by atoms with E-state index >= 15 is 0 Å². The van der Waals surface area contributed by atoms with Crippen molar-refractivity contribution in [1.29, 1.82) is 0 Å². The molecule has 0 heterocycles. The van der Waals surface area contributed by atoms with Crippen molar-refractivity contribution in [2.24, 2.45) is 0 Å². The van der Waals surface area contributed by atoms with E-state index in [1.807, 2.05) is 0 Å². The van der Waals surface area contributed by atoms with E-state index < -0.39 is 18.8 Å². The predicted molar refractivity (Wildman–Crippen MR) is 43.7 cm³/mol. The van der Waals surface area contributed by atoms with E-state index in [4.69, 9.17) is 0 Å². The second kappa shape index (κ2) is 3.76. The molecule has 12 heavy (non-hydrogen) atoms. The lowest BCUT2D eigenvalue weighted by Crippen LogP contribution is -1.98. The van der Waals surface area contributed by atoms with Gasteiger partial charge in [-0.3, -0.25) is 0 Å². The van der Waals surface area contributed by atoms with Crippen molar-refractivity contribution < 1.29 is 17.0 Å². The molecule has 0 aliphatic rings. The second-order valence-electron chi connectivity index (χ2n) is 1.93. The standard InChI is InChI=1S/C6H6O4PS/c7-11-10-12(8,9)6-4-2-1-3-5-6/h1-5,11H/q+1. The molecular formula is C6H6O4PS+. The van der Waals surface area contributed by atoms with Crippen LogP contribution in [0.1, 0.15) is 0 Å². The molecule has 1 atom stereocenters. The molecule has 0 bridgehead atoms. The first-order chi connectivity index (χ1) is 5.67. The van der Waals surface area contributed by atoms with Crippen LogP contribution in [0.4, 0.5) is 0 Å². The SMILES string of the molecule is O=[PH+]OS(=O)(=O)c1ccccc1. The molecule has 0 aromatic heterocycles. The summed E-state index contributed by atoms with van der Waals surface area (Å²) in [5.41, 5.74) is 0. The van der Waals surface area contributed by atoms with Gasteiger partial charge in [0.1, 0.15) is 0 Å². The van der Waals surface area contributed by atoms with Crippen LogP contribution in [0.5, 0.6) is 0 Å². The Hall–Kier alpha value is -0.770. The summed E-state index contributed by atoms with van der Waals surface area (Å²) in [7, 11) is -5.11. The highest BCUT2D eigenvalue weighted by atomic mass is 32.2. The van der Waals surface area contributed by atoms with Crippen molar-refractivity contribution in [1.82, 2.24) is 0 Å². The van der Waals surface area contributed by atoms with Crippen LogP contribution in [0.15, 0.2) is 35.2 Å². The smallest absolute Gasteiger partial charge is 0.190 e. The van der Waals surface area contributed by atoms with Crippen LogP contribution in [-0.4, -0.2) is 8.42 Å². The fourth-order valence-corrected chi connectivity index (χ4v) is 1.91. The van der Waals surface area contributed by atoms with Gasteiger partial charge in [0.2, 0.25) is 0 Å². The average Bonchev–Trinajstić information content (AvgIpc) is 2.06. The van der Waals surface area contributed by atoms with Crippen molar-refractivity contribution in [3.8, 4) is 0 Å². The molecule has 0 radical (unpaired) electrons. The van der Waals surface area contributed by atoms with Crippen molar-refractivity contribution in [3.63, 3.8) is 0 Å². The fourth-order valence-electron chi connectivity index (χ4n) is 0.680. The minimum atomic E-state index is -3.81. The number of hydrogen-bond donors (Lipinski definition) is 0. The lowest BCUT2D eigenvalue weighted by Gasteiger charge is -1.92. The lowest BCUT2D eigenvalue weighted by atomic mass is 10.4. The van der Waals surface area contributed by atoms with Crippen LogP contribution in [-0.2, 0) is 18.7 Å². The zero-order valence-corrected chi connectivity index (χ0v) is 7.74. The van der Waals surface area contributed by atoms with E-state index in [0.29, 0.717) is 0 Å². The third kappa shape index (κ3) is 2.11. The Morgan fingerprint density at radius 1 is 1.17 bits per heavy atom. The van der Waals surface area contributed by atoms with Gasteiger partial charge < -0.3 is 0 Å². The first kappa shape index (κ1) is 9.32. The van der Waals surface area contributed by atoms with E-state index in [0.717, 1.165) is 0 Å². The number of rotatable bonds is 3. The molecule has 1 rings (SSSR count). The molecule has 1 unspecified atom stereocenters. The van der Waals surface area contributed by atoms with E-state index in [9.17, 15) is 13.0 Å². The molecule has 4 nitrogen and oxygen atoms in total. The van der Waals surface area contributed by atoms with Crippen LogP contribution >= 0.6 is 8.69 Å². The number of benzene rings is 1. The molecule has 0 amide bonds. The number of hydrogen-bond acceptors (Lipinski definition) is 4. The molecule has 64 valence electrons. The quantitative estimate of drug-likeness (QED) is 0.698. The molecule has 0 aliphatic heterocycles. The summed E-state index contributed by atoms with van der Waals surface area (Å²) in [5, 5.41) is 0. The molecule has 1 aromatic carbocycles. The Balaban J connectivity index is 3.07. The van der Waals surface area contributed by atoms with Crippen LogP contribution in [0.2, 0.25) is 0 Å². The third-order valence-electron chi connectivity index (χ3n) is 1.18. The van der Waals surface area contributed by atoms with Gasteiger partial charge in [0, 0.05) is 0 Å². The summed E-state index contributed by atoms with van der Waals surface area (Å²) in [6, 6.07) is 7.54. The topological polar surface area (TPSA) is 60.4 Å². The molecule has 1 aromatic rings. The van der Waals surface area contributed by atoms with Crippen molar-refractivity contribution in [2.45, 2.75) is 4.90 Å². The van der Waals surface area contributed by atoms with E-state index in [-0.39, 0.29) is 4.90 Å². The molecule has 0 N–H and O–H groups in total. The van der Waals surface area contributed by atoms with Gasteiger partial charge in [0.05, 0.1) is 4.90 Å². The van der Waals surface area contributed by atoms with Gasteiger partial charge in [0.15, 0.2) is 0 Å². The molecule has 6 heteroatoms. The van der Waals surface area contributed by atoms with Crippen molar-refractivity contribution >= 4 is 18.8 Å². The van der Waals surface area contributed by atoms with Gasteiger partial charge in [-0.15, -0.1) is 0 Å². The first-order valence-electron chi connectivity index (χ1n) is 3.02. The van der Waals surface area contributed by atoms with E-state index in [1.165, 1.54) is 12.1 Å². The Labute approximate surface area is 71.6 Å². The highest BCUT2D eigenvalue weighted by molar-refractivity contribution is 7.89. The van der Waals surface area contributed by atoms with Crippen LogP contribution < -0.4 is 0 Å². The highest BCUT2D eigenvalue weighted by Crippen LogP contribution is 2.15. The summed E-state index contributed by atoms with van der Waals surface area (Å²) in [4.78, 5) is 0.00773. The zero-order valence-electron chi connectivity index (χ0n) is 5.93. The van der Waals surface area contributed by atoms with E-state index in [2.05, 4.69) is 3.97 Å². The normalized spacial score (nSPS) is 11.7. The molecule has 0 spiro atoms. The zero-order chi connectivity index (χ0) is 9.03. The molecule has 0 saturated carbocycles. The first-order valence-corrected chi connectivity index (χ1v) is 5.25. The molecule has 0 aliphatic carbocycles. The van der Waals surface area contributed by atoms with Gasteiger partial charge in [-0.25, -0.2) is 0 Å². The average molecular weight is 205 g/mol.